The van der Waals surface area contributed by atoms with E-state index in [1.165, 1.54) is 28.7 Å². The number of carbonyl (C=O) groups is 1. The first kappa shape index (κ1) is 19.4. The summed E-state index contributed by atoms with van der Waals surface area (Å²) in [7, 11) is 0. The molecule has 0 radical (unpaired) electrons. The normalized spacial score (nSPS) is 10.8. The van der Waals surface area contributed by atoms with Crippen molar-refractivity contribution >= 4 is 34.1 Å². The molecule has 0 spiro atoms. The van der Waals surface area contributed by atoms with Gasteiger partial charge in [-0.1, -0.05) is 29.5 Å². The van der Waals surface area contributed by atoms with Crippen LogP contribution in [0.3, 0.4) is 0 Å². The molecule has 27 heavy (non-hydrogen) atoms. The summed E-state index contributed by atoms with van der Waals surface area (Å²) in [6.07, 6.45) is 1.66. The van der Waals surface area contributed by atoms with Crippen LogP contribution < -0.4 is 10.1 Å². The second-order valence-electron chi connectivity index (χ2n) is 5.87. The van der Waals surface area contributed by atoms with Gasteiger partial charge in [0.05, 0.1) is 5.75 Å². The molecule has 0 saturated carbocycles. The van der Waals surface area contributed by atoms with Crippen LogP contribution in [0.5, 0.6) is 5.75 Å². The van der Waals surface area contributed by atoms with Crippen LogP contribution in [0.2, 0.25) is 0 Å². The lowest BCUT2D eigenvalue weighted by Gasteiger charge is -2.11. The fraction of sp³-hybridized carbons (Fsp3) is 0.333. The number of anilines is 1. The Hall–Kier alpha value is -2.39. The molecular weight excluding hydrogens is 382 g/mol. The van der Waals surface area contributed by atoms with E-state index >= 15 is 0 Å². The molecule has 0 aliphatic rings. The number of rotatable bonds is 8. The zero-order valence-electron chi connectivity index (χ0n) is 15.4. The molecule has 9 heteroatoms. The Morgan fingerprint density at radius 2 is 2.19 bits per heavy atom. The highest BCUT2D eigenvalue weighted by molar-refractivity contribution is 7.99. The summed E-state index contributed by atoms with van der Waals surface area (Å²) >= 11 is 2.74. The Morgan fingerprint density at radius 1 is 1.33 bits per heavy atom. The topological polar surface area (TPSA) is 81.9 Å². The van der Waals surface area contributed by atoms with Gasteiger partial charge in [0.15, 0.2) is 16.1 Å². The first-order valence-corrected chi connectivity index (χ1v) is 10.4. The van der Waals surface area contributed by atoms with Crippen LogP contribution in [-0.4, -0.2) is 31.4 Å². The van der Waals surface area contributed by atoms with E-state index in [1.54, 1.807) is 6.20 Å². The van der Waals surface area contributed by atoms with E-state index in [2.05, 4.69) is 33.5 Å². The van der Waals surface area contributed by atoms with Crippen LogP contribution in [-0.2, 0) is 17.9 Å². The highest BCUT2D eigenvalue weighted by atomic mass is 32.2. The molecule has 7 nitrogen and oxygen atoms in total. The van der Waals surface area contributed by atoms with E-state index in [0.717, 1.165) is 17.1 Å². The number of nitrogens with zero attached hydrogens (tertiary/aromatic N) is 4. The molecule has 0 atom stereocenters. The molecule has 3 rings (SSSR count). The number of hydrogen-bond acceptors (Lipinski definition) is 7. The van der Waals surface area contributed by atoms with Crippen molar-refractivity contribution in [3.63, 3.8) is 0 Å². The minimum atomic E-state index is -0.117. The third kappa shape index (κ3) is 5.08. The molecule has 1 aromatic carbocycles. The van der Waals surface area contributed by atoms with Crippen LogP contribution in [0, 0.1) is 13.8 Å². The lowest BCUT2D eigenvalue weighted by atomic mass is 10.1. The Labute approximate surface area is 166 Å². The minimum Gasteiger partial charge on any atom is -0.485 e. The largest absolute Gasteiger partial charge is 0.485 e. The molecule has 0 aliphatic heterocycles. The summed E-state index contributed by atoms with van der Waals surface area (Å²) in [4.78, 5) is 16.1. The second-order valence-corrected chi connectivity index (χ2v) is 7.71. The van der Waals surface area contributed by atoms with E-state index in [9.17, 15) is 4.79 Å². The molecule has 1 N–H and O–H groups in total. The number of benzene rings is 1. The standard InChI is InChI=1S/C18H21N5O2S2/c1-4-23-15(10-25-14-6-5-12(2)9-13(14)3)21-22-18(23)27-11-16(24)20-17-19-7-8-26-17/h5-9H,4,10-11H2,1-3H3,(H,19,20,24). The molecule has 0 aliphatic carbocycles. The zero-order valence-corrected chi connectivity index (χ0v) is 17.1. The average Bonchev–Trinajstić information content (AvgIpc) is 3.28. The number of thiazole rings is 1. The lowest BCUT2D eigenvalue weighted by Crippen LogP contribution is -2.14. The van der Waals surface area contributed by atoms with E-state index < -0.39 is 0 Å². The van der Waals surface area contributed by atoms with Crippen LogP contribution in [0.25, 0.3) is 0 Å². The van der Waals surface area contributed by atoms with Crippen LogP contribution >= 0.6 is 23.1 Å². The minimum absolute atomic E-state index is 0.117. The Bertz CT molecular complexity index is 909. The van der Waals surface area contributed by atoms with Gasteiger partial charge in [0.1, 0.15) is 12.4 Å². The highest BCUT2D eigenvalue weighted by Crippen LogP contribution is 2.22. The van der Waals surface area contributed by atoms with Crippen molar-refractivity contribution in [2.45, 2.75) is 39.1 Å². The van der Waals surface area contributed by atoms with Crippen LogP contribution in [0.1, 0.15) is 23.9 Å². The highest BCUT2D eigenvalue weighted by Gasteiger charge is 2.14. The number of ether oxygens (including phenoxy) is 1. The van der Waals surface area contributed by atoms with Crippen molar-refractivity contribution in [1.82, 2.24) is 19.7 Å². The maximum atomic E-state index is 12.0. The lowest BCUT2D eigenvalue weighted by molar-refractivity contribution is -0.113. The van der Waals surface area contributed by atoms with E-state index in [0.29, 0.717) is 23.4 Å². The average molecular weight is 404 g/mol. The summed E-state index contributed by atoms with van der Waals surface area (Å²) in [5.74, 6) is 1.70. The van der Waals surface area contributed by atoms with Gasteiger partial charge in [-0.15, -0.1) is 21.5 Å². The Morgan fingerprint density at radius 3 is 2.89 bits per heavy atom. The monoisotopic (exact) mass is 403 g/mol. The van der Waals surface area contributed by atoms with Crippen LogP contribution in [0.15, 0.2) is 34.9 Å². The van der Waals surface area contributed by atoms with Gasteiger partial charge in [0.25, 0.3) is 0 Å². The van der Waals surface area contributed by atoms with E-state index in [4.69, 9.17) is 4.74 Å². The number of aryl methyl sites for hydroxylation is 2. The van der Waals surface area contributed by atoms with Gasteiger partial charge < -0.3 is 14.6 Å². The molecule has 142 valence electrons. The van der Waals surface area contributed by atoms with Gasteiger partial charge in [0, 0.05) is 18.1 Å². The van der Waals surface area contributed by atoms with Gasteiger partial charge in [-0.05, 0) is 32.4 Å². The summed E-state index contributed by atoms with van der Waals surface area (Å²) in [6.45, 7) is 7.13. The van der Waals surface area contributed by atoms with Crippen molar-refractivity contribution in [2.75, 3.05) is 11.1 Å². The number of nitrogens with one attached hydrogen (secondary N) is 1. The molecule has 0 saturated heterocycles. The third-order valence-corrected chi connectivity index (χ3v) is 5.46. The quantitative estimate of drug-likeness (QED) is 0.578. The second kappa shape index (κ2) is 9.01. The maximum absolute atomic E-state index is 12.0. The summed E-state index contributed by atoms with van der Waals surface area (Å²) in [6, 6.07) is 6.08. The van der Waals surface area contributed by atoms with Gasteiger partial charge in [-0.2, -0.15) is 0 Å². The molecule has 2 heterocycles. The fourth-order valence-corrected chi connectivity index (χ4v) is 3.89. The SMILES string of the molecule is CCn1c(COc2ccc(C)cc2C)nnc1SCC(=O)Nc1nccs1. The number of aromatic nitrogens is 4. The summed E-state index contributed by atoms with van der Waals surface area (Å²) in [5, 5.41) is 14.3. The summed E-state index contributed by atoms with van der Waals surface area (Å²) < 4.78 is 7.87. The first-order chi connectivity index (χ1) is 13.1. The predicted octanol–water partition coefficient (Wildman–Crippen LogP) is 3.68. The first-order valence-electron chi connectivity index (χ1n) is 8.51. The fourth-order valence-electron chi connectivity index (χ4n) is 2.52. The van der Waals surface area contributed by atoms with Crippen molar-refractivity contribution < 1.29 is 9.53 Å². The predicted molar refractivity (Wildman–Crippen MR) is 107 cm³/mol. The third-order valence-electron chi connectivity index (χ3n) is 3.81. The number of thioether (sulfide) groups is 1. The van der Waals surface area contributed by atoms with Crippen molar-refractivity contribution in [1.29, 1.82) is 0 Å². The van der Waals surface area contributed by atoms with Crippen molar-refractivity contribution in [3.05, 3.63) is 46.7 Å². The molecule has 3 aromatic rings. The number of carbonyl (C=O) groups excluding carboxylic acids is 1. The zero-order chi connectivity index (χ0) is 19.2. The Balaban J connectivity index is 1.59. The maximum Gasteiger partial charge on any atom is 0.236 e. The van der Waals surface area contributed by atoms with E-state index in [1.807, 2.05) is 35.9 Å². The molecule has 1 amide bonds. The van der Waals surface area contributed by atoms with Crippen LogP contribution in [0.4, 0.5) is 5.13 Å². The van der Waals surface area contributed by atoms with Gasteiger partial charge in [0.2, 0.25) is 5.91 Å². The molecule has 0 fully saturated rings. The van der Waals surface area contributed by atoms with E-state index in [-0.39, 0.29) is 11.7 Å². The van der Waals surface area contributed by atoms with Crippen molar-refractivity contribution in [2.24, 2.45) is 0 Å². The molecule has 0 unspecified atom stereocenters. The summed E-state index contributed by atoms with van der Waals surface area (Å²) in [5.41, 5.74) is 2.29. The number of amides is 1. The van der Waals surface area contributed by atoms with Gasteiger partial charge >= 0.3 is 0 Å². The van der Waals surface area contributed by atoms with Gasteiger partial charge in [-0.3, -0.25) is 4.79 Å². The smallest absolute Gasteiger partial charge is 0.236 e. The molecule has 0 bridgehead atoms. The molecular formula is C18H21N5O2S2. The van der Waals surface area contributed by atoms with Gasteiger partial charge in [-0.25, -0.2) is 4.98 Å². The van der Waals surface area contributed by atoms with Crippen molar-refractivity contribution in [3.8, 4) is 5.75 Å². The number of hydrogen-bond donors (Lipinski definition) is 1. The Kier molecular flexibility index (Phi) is 6.46. The molecule has 2 aromatic heterocycles.